The van der Waals surface area contributed by atoms with Gasteiger partial charge in [-0.15, -0.1) is 0 Å². The van der Waals surface area contributed by atoms with Crippen molar-refractivity contribution < 1.29 is 44.9 Å². The molecule has 2 bridgehead atoms. The van der Waals surface area contributed by atoms with E-state index < -0.39 is 66.8 Å². The van der Waals surface area contributed by atoms with Crippen molar-refractivity contribution in [3.63, 3.8) is 0 Å². The average molecular weight is 483 g/mol. The van der Waals surface area contributed by atoms with Crippen LogP contribution in [0.15, 0.2) is 12.2 Å². The van der Waals surface area contributed by atoms with Gasteiger partial charge in [-0.05, 0) is 73.7 Å². The molecule has 9 nitrogen and oxygen atoms in total. The molecule has 13 unspecified atom stereocenters. The number of hydrogen-bond acceptors (Lipinski definition) is 8. The van der Waals surface area contributed by atoms with Crippen LogP contribution >= 0.6 is 0 Å². The van der Waals surface area contributed by atoms with Gasteiger partial charge in [-0.1, -0.05) is 13.5 Å². The highest BCUT2D eigenvalue weighted by Crippen LogP contribution is 2.70. The van der Waals surface area contributed by atoms with Gasteiger partial charge >= 0.3 is 5.97 Å². The quantitative estimate of drug-likeness (QED) is 0.247. The van der Waals surface area contributed by atoms with Gasteiger partial charge in [0.1, 0.15) is 24.4 Å². The number of hydrogen-bond donors (Lipinski definition) is 6. The van der Waals surface area contributed by atoms with E-state index in [1.807, 2.05) is 0 Å². The molecule has 9 heteroatoms. The third-order valence-electron chi connectivity index (χ3n) is 10.3. The van der Waals surface area contributed by atoms with Crippen molar-refractivity contribution in [3.05, 3.63) is 12.2 Å². The minimum Gasteiger partial charge on any atom is -0.481 e. The molecule has 1 heterocycles. The number of fused-ring (bicyclic) bond motifs is 3. The fraction of sp³-hybridized carbons (Fsp3) is 0.880. The van der Waals surface area contributed by atoms with Crippen LogP contribution in [-0.4, -0.2) is 86.1 Å². The van der Waals surface area contributed by atoms with Gasteiger partial charge in [-0.25, -0.2) is 0 Å². The van der Waals surface area contributed by atoms with Crippen LogP contribution in [-0.2, 0) is 14.3 Å². The lowest BCUT2D eigenvalue weighted by atomic mass is 9.43. The summed E-state index contributed by atoms with van der Waals surface area (Å²) >= 11 is 0. The lowest BCUT2D eigenvalue weighted by molar-refractivity contribution is -0.319. The molecule has 0 amide bonds. The van der Waals surface area contributed by atoms with Gasteiger partial charge in [0.15, 0.2) is 6.29 Å². The Morgan fingerprint density at radius 2 is 1.85 bits per heavy atom. The molecule has 6 N–H and O–H groups in total. The molecule has 5 rings (SSSR count). The van der Waals surface area contributed by atoms with E-state index in [0.717, 1.165) is 37.7 Å². The first-order valence-corrected chi connectivity index (χ1v) is 12.6. The minimum atomic E-state index is -1.55. The molecule has 4 saturated carbocycles. The topological polar surface area (TPSA) is 157 Å². The molecule has 0 aromatic heterocycles. The number of aliphatic hydroxyl groups is 5. The molecule has 4 aliphatic carbocycles. The molecule has 1 aliphatic heterocycles. The Morgan fingerprint density at radius 1 is 1.12 bits per heavy atom. The molecule has 5 fully saturated rings. The maximum Gasteiger partial charge on any atom is 0.306 e. The van der Waals surface area contributed by atoms with Gasteiger partial charge in [0.2, 0.25) is 0 Å². The molecule has 0 aromatic carbocycles. The van der Waals surface area contributed by atoms with Crippen LogP contribution in [0.25, 0.3) is 0 Å². The van der Waals surface area contributed by atoms with Gasteiger partial charge in [0.05, 0.1) is 24.7 Å². The summed E-state index contributed by atoms with van der Waals surface area (Å²) in [5.74, 6) is -1.10. The summed E-state index contributed by atoms with van der Waals surface area (Å²) in [5.41, 5.74) is 0.248. The van der Waals surface area contributed by atoms with Crippen molar-refractivity contribution in [1.29, 1.82) is 0 Å². The van der Waals surface area contributed by atoms with E-state index in [9.17, 15) is 35.4 Å². The molecule has 5 aliphatic rings. The van der Waals surface area contributed by atoms with Gasteiger partial charge in [0.25, 0.3) is 0 Å². The molecule has 192 valence electrons. The summed E-state index contributed by atoms with van der Waals surface area (Å²) in [5, 5.41) is 61.5. The highest BCUT2D eigenvalue weighted by molar-refractivity contribution is 5.71. The lowest BCUT2D eigenvalue weighted by Crippen LogP contribution is -2.62. The first kappa shape index (κ1) is 24.6. The van der Waals surface area contributed by atoms with Crippen molar-refractivity contribution in [2.45, 2.75) is 94.8 Å². The summed E-state index contributed by atoms with van der Waals surface area (Å²) in [6.07, 6.45) is -2.98. The van der Waals surface area contributed by atoms with Crippen LogP contribution in [0.1, 0.15) is 51.9 Å². The average Bonchev–Trinajstić information content (AvgIpc) is 2.98. The van der Waals surface area contributed by atoms with Crippen LogP contribution < -0.4 is 0 Å². The van der Waals surface area contributed by atoms with Crippen LogP contribution in [0, 0.1) is 34.5 Å². The zero-order valence-electron chi connectivity index (χ0n) is 19.6. The molecule has 13 atom stereocenters. The Kier molecular flexibility index (Phi) is 6.16. The summed E-state index contributed by atoms with van der Waals surface area (Å²) in [6.45, 7) is 5.76. The number of ether oxygens (including phenoxy) is 2. The number of rotatable bonds is 4. The second kappa shape index (κ2) is 8.50. The van der Waals surface area contributed by atoms with Crippen LogP contribution in [0.2, 0.25) is 0 Å². The van der Waals surface area contributed by atoms with Crippen LogP contribution in [0.5, 0.6) is 0 Å². The second-order valence-corrected chi connectivity index (χ2v) is 11.7. The van der Waals surface area contributed by atoms with Crippen molar-refractivity contribution in [2.75, 3.05) is 6.61 Å². The number of aliphatic carboxylic acids is 1. The highest BCUT2D eigenvalue weighted by Gasteiger charge is 2.66. The fourth-order valence-corrected chi connectivity index (χ4v) is 8.70. The summed E-state index contributed by atoms with van der Waals surface area (Å²) < 4.78 is 11.6. The SMILES string of the molecule is C=C1C2CCC3C4(C)CC(OC5OC(CO)C(O)C(O)C5O)CC(C(=O)O)C4CCC3(C2)C1O. The second-order valence-electron chi connectivity index (χ2n) is 11.7. The van der Waals surface area contributed by atoms with Crippen molar-refractivity contribution in [1.82, 2.24) is 0 Å². The van der Waals surface area contributed by atoms with E-state index in [0.29, 0.717) is 12.3 Å². The highest BCUT2D eigenvalue weighted by atomic mass is 16.7. The van der Waals surface area contributed by atoms with E-state index in [1.165, 1.54) is 0 Å². The molecule has 0 radical (unpaired) electrons. The number of carbonyl (C=O) groups is 1. The Morgan fingerprint density at radius 3 is 2.53 bits per heavy atom. The van der Waals surface area contributed by atoms with E-state index >= 15 is 0 Å². The van der Waals surface area contributed by atoms with Gasteiger partial charge in [-0.2, -0.15) is 0 Å². The van der Waals surface area contributed by atoms with E-state index in [1.54, 1.807) is 0 Å². The predicted molar refractivity (Wildman–Crippen MR) is 118 cm³/mol. The smallest absolute Gasteiger partial charge is 0.306 e. The Balaban J connectivity index is 1.43. The Labute approximate surface area is 199 Å². The van der Waals surface area contributed by atoms with Gasteiger partial charge < -0.3 is 40.1 Å². The first-order valence-electron chi connectivity index (χ1n) is 12.6. The number of carboxylic acids is 1. The Hall–Kier alpha value is -1.07. The minimum absolute atomic E-state index is 0.0482. The van der Waals surface area contributed by atoms with E-state index in [4.69, 9.17) is 9.47 Å². The third kappa shape index (κ3) is 3.43. The maximum atomic E-state index is 12.4. The molecule has 34 heavy (non-hydrogen) atoms. The monoisotopic (exact) mass is 482 g/mol. The summed E-state index contributed by atoms with van der Waals surface area (Å²) in [4.78, 5) is 12.4. The van der Waals surface area contributed by atoms with Crippen molar-refractivity contribution >= 4 is 5.97 Å². The lowest BCUT2D eigenvalue weighted by Gasteiger charge is -2.62. The van der Waals surface area contributed by atoms with Crippen LogP contribution in [0.4, 0.5) is 0 Å². The Bertz CT molecular complexity index is 831. The molecule has 1 spiro atoms. The van der Waals surface area contributed by atoms with Crippen molar-refractivity contribution in [3.8, 4) is 0 Å². The normalized spacial score (nSPS) is 54.9. The fourth-order valence-electron chi connectivity index (χ4n) is 8.70. The predicted octanol–water partition coefficient (Wildman–Crippen LogP) is 0.416. The zero-order chi connectivity index (χ0) is 24.6. The maximum absolute atomic E-state index is 12.4. The van der Waals surface area contributed by atoms with Crippen molar-refractivity contribution in [2.24, 2.45) is 34.5 Å². The standard InChI is InChI=1S/C25H38O9/c1-11-12-3-4-17-24(2)9-13(33-23-20(29)19(28)18(27)16(10-26)34-23)7-14(22(31)32)15(24)5-6-25(17,8-12)21(11)30/h12-21,23,26-30H,1,3-10H2,2H3,(H,31,32). The largest absolute Gasteiger partial charge is 0.481 e. The number of carboxylic acid groups (broad SMARTS) is 1. The van der Waals surface area contributed by atoms with Crippen LogP contribution in [0.3, 0.4) is 0 Å². The molecule has 0 aromatic rings. The zero-order valence-corrected chi connectivity index (χ0v) is 19.6. The van der Waals surface area contributed by atoms with E-state index in [2.05, 4.69) is 13.5 Å². The molecule has 1 saturated heterocycles. The summed E-state index contributed by atoms with van der Waals surface area (Å²) in [7, 11) is 0. The summed E-state index contributed by atoms with van der Waals surface area (Å²) in [6, 6.07) is 0. The van der Waals surface area contributed by atoms with Gasteiger partial charge in [0, 0.05) is 5.41 Å². The molecular formula is C25H38O9. The van der Waals surface area contributed by atoms with Gasteiger partial charge in [-0.3, -0.25) is 4.79 Å². The molecular weight excluding hydrogens is 444 g/mol. The first-order chi connectivity index (χ1) is 16.0. The third-order valence-corrected chi connectivity index (χ3v) is 10.3. The van der Waals surface area contributed by atoms with E-state index in [-0.39, 0.29) is 23.7 Å². The number of aliphatic hydroxyl groups excluding tert-OH is 5.